The number of halogens is 1. The molecule has 2 heterocycles. The highest BCUT2D eigenvalue weighted by molar-refractivity contribution is 6.30. The summed E-state index contributed by atoms with van der Waals surface area (Å²) < 4.78 is 16.2. The van der Waals surface area contributed by atoms with Crippen LogP contribution < -0.4 is 19.5 Å². The summed E-state index contributed by atoms with van der Waals surface area (Å²) >= 11 is 6.35. The van der Waals surface area contributed by atoms with E-state index in [0.717, 1.165) is 33.5 Å². The number of benzene rings is 2. The zero-order chi connectivity index (χ0) is 17.2. The summed E-state index contributed by atoms with van der Waals surface area (Å²) in [6.07, 6.45) is 0. The molecule has 0 radical (unpaired) electrons. The first-order valence-electron chi connectivity index (χ1n) is 7.96. The van der Waals surface area contributed by atoms with E-state index in [1.54, 1.807) is 7.11 Å². The van der Waals surface area contributed by atoms with Crippen LogP contribution in [0.1, 0.15) is 11.1 Å². The lowest BCUT2D eigenvalue weighted by Gasteiger charge is -2.11. The van der Waals surface area contributed by atoms with Crippen LogP contribution in [0.4, 0.5) is 0 Å². The Labute approximate surface area is 150 Å². The molecule has 0 spiro atoms. The fraction of sp³-hybridized carbons (Fsp3) is 0.211. The fourth-order valence-corrected chi connectivity index (χ4v) is 3.10. The minimum absolute atomic E-state index is 0.243. The van der Waals surface area contributed by atoms with Crippen molar-refractivity contribution in [3.63, 3.8) is 0 Å². The Morgan fingerprint density at radius 3 is 2.68 bits per heavy atom. The molecule has 1 aliphatic rings. The molecule has 6 heteroatoms. The Balaban J connectivity index is 1.53. The standard InChI is InChI=1S/C19H17ClN2O3/c1-23-16-5-3-2-4-12(16)9-21-10-14-6-13-7-17-18(25-11-24-17)8-15(13)22-19(14)20/h2-8,21H,9-11H2,1H3. The van der Waals surface area contributed by atoms with Gasteiger partial charge in [0, 0.05) is 35.7 Å². The zero-order valence-corrected chi connectivity index (χ0v) is 14.5. The Morgan fingerprint density at radius 1 is 1.08 bits per heavy atom. The molecule has 3 aromatic rings. The molecule has 0 amide bonds. The highest BCUT2D eigenvalue weighted by Crippen LogP contribution is 2.36. The quantitative estimate of drug-likeness (QED) is 0.702. The number of nitrogens with one attached hydrogen (secondary N) is 1. The number of hydrogen-bond donors (Lipinski definition) is 1. The summed E-state index contributed by atoms with van der Waals surface area (Å²) in [4.78, 5) is 4.48. The monoisotopic (exact) mass is 356 g/mol. The molecule has 5 nitrogen and oxygen atoms in total. The Hall–Kier alpha value is -2.50. The van der Waals surface area contributed by atoms with Crippen molar-refractivity contribution in [2.45, 2.75) is 13.1 Å². The molecule has 0 atom stereocenters. The lowest BCUT2D eigenvalue weighted by atomic mass is 10.1. The normalized spacial score (nSPS) is 12.6. The Kier molecular flexibility index (Phi) is 4.34. The van der Waals surface area contributed by atoms with Crippen LogP contribution in [-0.4, -0.2) is 18.9 Å². The molecule has 128 valence electrons. The predicted octanol–water partition coefficient (Wildman–Crippen LogP) is 3.92. The first-order chi connectivity index (χ1) is 12.2. The third kappa shape index (κ3) is 3.21. The van der Waals surface area contributed by atoms with Crippen LogP contribution >= 0.6 is 11.6 Å². The molecule has 2 aromatic carbocycles. The number of rotatable bonds is 5. The van der Waals surface area contributed by atoms with E-state index in [1.165, 1.54) is 0 Å². The zero-order valence-electron chi connectivity index (χ0n) is 13.7. The maximum absolute atomic E-state index is 6.35. The van der Waals surface area contributed by atoms with Crippen LogP contribution in [0, 0.1) is 0 Å². The van der Waals surface area contributed by atoms with Crippen LogP contribution in [0.25, 0.3) is 10.9 Å². The third-order valence-corrected chi connectivity index (χ3v) is 4.49. The summed E-state index contributed by atoms with van der Waals surface area (Å²) in [7, 11) is 1.67. The van der Waals surface area contributed by atoms with E-state index in [0.29, 0.717) is 24.0 Å². The van der Waals surface area contributed by atoms with Gasteiger partial charge in [0.2, 0.25) is 6.79 Å². The van der Waals surface area contributed by atoms with Gasteiger partial charge in [0.15, 0.2) is 11.5 Å². The topological polar surface area (TPSA) is 52.6 Å². The number of pyridine rings is 1. The SMILES string of the molecule is COc1ccccc1CNCc1cc2cc3c(cc2nc1Cl)OCO3. The first kappa shape index (κ1) is 16.0. The van der Waals surface area contributed by atoms with Crippen LogP contribution in [0.15, 0.2) is 42.5 Å². The summed E-state index contributed by atoms with van der Waals surface area (Å²) in [5.74, 6) is 2.31. The van der Waals surface area contributed by atoms with Crippen molar-refractivity contribution in [2.24, 2.45) is 0 Å². The van der Waals surface area contributed by atoms with E-state index in [4.69, 9.17) is 25.8 Å². The molecule has 1 N–H and O–H groups in total. The number of hydrogen-bond acceptors (Lipinski definition) is 5. The van der Waals surface area contributed by atoms with Crippen molar-refractivity contribution in [1.82, 2.24) is 10.3 Å². The number of aromatic nitrogens is 1. The first-order valence-corrected chi connectivity index (χ1v) is 8.34. The van der Waals surface area contributed by atoms with Crippen LogP contribution in [0.2, 0.25) is 5.15 Å². The number of methoxy groups -OCH3 is 1. The summed E-state index contributed by atoms with van der Waals surface area (Å²) in [5, 5.41) is 4.85. The second kappa shape index (κ2) is 6.78. The maximum Gasteiger partial charge on any atom is 0.231 e. The van der Waals surface area contributed by atoms with Gasteiger partial charge < -0.3 is 19.5 Å². The van der Waals surface area contributed by atoms with Crippen LogP contribution in [-0.2, 0) is 13.1 Å². The van der Waals surface area contributed by atoms with Crippen molar-refractivity contribution in [2.75, 3.05) is 13.9 Å². The maximum atomic E-state index is 6.35. The van der Waals surface area contributed by atoms with Gasteiger partial charge in [0.1, 0.15) is 10.9 Å². The number of nitrogens with zero attached hydrogens (tertiary/aromatic N) is 1. The Morgan fingerprint density at radius 2 is 1.84 bits per heavy atom. The molecule has 0 aliphatic carbocycles. The molecule has 0 unspecified atom stereocenters. The number of ether oxygens (including phenoxy) is 3. The van der Waals surface area contributed by atoms with Gasteiger partial charge in [0.05, 0.1) is 12.6 Å². The lowest BCUT2D eigenvalue weighted by molar-refractivity contribution is 0.174. The van der Waals surface area contributed by atoms with Gasteiger partial charge in [0.25, 0.3) is 0 Å². The van der Waals surface area contributed by atoms with Crippen molar-refractivity contribution >= 4 is 22.5 Å². The molecule has 1 aromatic heterocycles. The second-order valence-corrected chi connectivity index (χ2v) is 6.11. The van der Waals surface area contributed by atoms with Gasteiger partial charge in [-0.2, -0.15) is 0 Å². The fourth-order valence-electron chi connectivity index (χ4n) is 2.89. The van der Waals surface area contributed by atoms with E-state index < -0.39 is 0 Å². The van der Waals surface area contributed by atoms with Crippen LogP contribution in [0.5, 0.6) is 17.2 Å². The van der Waals surface area contributed by atoms with Gasteiger partial charge in [-0.3, -0.25) is 0 Å². The van der Waals surface area contributed by atoms with Crippen molar-refractivity contribution in [3.8, 4) is 17.2 Å². The van der Waals surface area contributed by atoms with Gasteiger partial charge in [-0.1, -0.05) is 29.8 Å². The van der Waals surface area contributed by atoms with Gasteiger partial charge in [-0.15, -0.1) is 0 Å². The predicted molar refractivity (Wildman–Crippen MR) is 96.4 cm³/mol. The molecule has 0 bridgehead atoms. The molecular weight excluding hydrogens is 340 g/mol. The van der Waals surface area contributed by atoms with E-state index in [1.807, 2.05) is 42.5 Å². The van der Waals surface area contributed by atoms with Crippen molar-refractivity contribution < 1.29 is 14.2 Å². The van der Waals surface area contributed by atoms with E-state index in [2.05, 4.69) is 10.3 Å². The van der Waals surface area contributed by atoms with Gasteiger partial charge in [-0.05, 0) is 18.2 Å². The van der Waals surface area contributed by atoms with Gasteiger partial charge >= 0.3 is 0 Å². The number of para-hydroxylation sites is 1. The summed E-state index contributed by atoms with van der Waals surface area (Å²) in [5.41, 5.74) is 2.82. The summed E-state index contributed by atoms with van der Waals surface area (Å²) in [6, 6.07) is 13.8. The molecule has 0 fully saturated rings. The average molecular weight is 357 g/mol. The van der Waals surface area contributed by atoms with Crippen LogP contribution in [0.3, 0.4) is 0 Å². The molecule has 25 heavy (non-hydrogen) atoms. The van der Waals surface area contributed by atoms with Crippen molar-refractivity contribution in [1.29, 1.82) is 0 Å². The molecule has 4 rings (SSSR count). The summed E-state index contributed by atoms with van der Waals surface area (Å²) in [6.45, 7) is 1.53. The molecule has 0 saturated carbocycles. The second-order valence-electron chi connectivity index (χ2n) is 5.75. The molecule has 1 aliphatic heterocycles. The van der Waals surface area contributed by atoms with E-state index in [-0.39, 0.29) is 6.79 Å². The smallest absolute Gasteiger partial charge is 0.231 e. The highest BCUT2D eigenvalue weighted by Gasteiger charge is 2.16. The van der Waals surface area contributed by atoms with E-state index >= 15 is 0 Å². The van der Waals surface area contributed by atoms with E-state index in [9.17, 15) is 0 Å². The lowest BCUT2D eigenvalue weighted by Crippen LogP contribution is -2.14. The molecular formula is C19H17ClN2O3. The minimum atomic E-state index is 0.243. The Bertz CT molecular complexity index is 930. The van der Waals surface area contributed by atoms with Crippen molar-refractivity contribution in [3.05, 3.63) is 58.7 Å². The van der Waals surface area contributed by atoms with Gasteiger partial charge in [-0.25, -0.2) is 4.98 Å². The molecule has 0 saturated heterocycles. The number of fused-ring (bicyclic) bond motifs is 2. The largest absolute Gasteiger partial charge is 0.496 e. The highest BCUT2D eigenvalue weighted by atomic mass is 35.5. The third-order valence-electron chi connectivity index (χ3n) is 4.16. The minimum Gasteiger partial charge on any atom is -0.496 e. The average Bonchev–Trinajstić information content (AvgIpc) is 3.08.